The number of thioether (sulfide) groups is 1. The van der Waals surface area contributed by atoms with Crippen molar-refractivity contribution in [1.29, 1.82) is 0 Å². The molecule has 2 rings (SSSR count). The first-order valence-electron chi connectivity index (χ1n) is 7.08. The predicted molar refractivity (Wildman–Crippen MR) is 86.1 cm³/mol. The molecule has 0 aliphatic heterocycles. The second-order valence-electron chi connectivity index (χ2n) is 5.07. The molecule has 2 aromatic rings. The van der Waals surface area contributed by atoms with Crippen LogP contribution in [0.15, 0.2) is 41.3 Å². The molecule has 0 saturated heterocycles. The minimum absolute atomic E-state index is 0.0727. The predicted octanol–water partition coefficient (Wildman–Crippen LogP) is 5.34. The fourth-order valence-electron chi connectivity index (χ4n) is 2.36. The molecule has 20 heavy (non-hydrogen) atoms. The van der Waals surface area contributed by atoms with Gasteiger partial charge in [0.15, 0.2) is 0 Å². The van der Waals surface area contributed by atoms with Gasteiger partial charge in [-0.15, -0.1) is 11.8 Å². The van der Waals surface area contributed by atoms with E-state index < -0.39 is 0 Å². The van der Waals surface area contributed by atoms with Gasteiger partial charge < -0.3 is 0 Å². The zero-order valence-corrected chi connectivity index (χ0v) is 13.2. The zero-order chi connectivity index (χ0) is 14.5. The second-order valence-corrected chi connectivity index (χ2v) is 6.37. The van der Waals surface area contributed by atoms with E-state index in [0.29, 0.717) is 0 Å². The van der Waals surface area contributed by atoms with Crippen LogP contribution < -0.4 is 0 Å². The van der Waals surface area contributed by atoms with Gasteiger partial charge in [0, 0.05) is 4.90 Å². The van der Waals surface area contributed by atoms with Crippen molar-refractivity contribution in [3.63, 3.8) is 0 Å². The van der Waals surface area contributed by atoms with E-state index in [1.165, 1.54) is 16.0 Å². The SMILES string of the molecule is CCSc1cc(CCc2ccccc2C)c(F)cc1C. The van der Waals surface area contributed by atoms with Gasteiger partial charge in [-0.05, 0) is 66.8 Å². The molecular formula is C18H21FS. The molecule has 0 aromatic heterocycles. The summed E-state index contributed by atoms with van der Waals surface area (Å²) in [4.78, 5) is 1.20. The van der Waals surface area contributed by atoms with Gasteiger partial charge in [0.2, 0.25) is 0 Å². The summed E-state index contributed by atoms with van der Waals surface area (Å²) in [6.07, 6.45) is 1.65. The van der Waals surface area contributed by atoms with Crippen LogP contribution in [-0.4, -0.2) is 5.75 Å². The summed E-state index contributed by atoms with van der Waals surface area (Å²) in [5, 5.41) is 0. The van der Waals surface area contributed by atoms with Crippen LogP contribution in [0.2, 0.25) is 0 Å². The van der Waals surface area contributed by atoms with E-state index >= 15 is 0 Å². The van der Waals surface area contributed by atoms with Gasteiger partial charge >= 0.3 is 0 Å². The average Bonchev–Trinajstić information content (AvgIpc) is 2.42. The highest BCUT2D eigenvalue weighted by molar-refractivity contribution is 7.99. The molecule has 0 N–H and O–H groups in total. The molecule has 0 spiro atoms. The number of benzene rings is 2. The third kappa shape index (κ3) is 3.63. The Bertz CT molecular complexity index is 590. The lowest BCUT2D eigenvalue weighted by molar-refractivity contribution is 0.605. The summed E-state index contributed by atoms with van der Waals surface area (Å²) in [7, 11) is 0. The summed E-state index contributed by atoms with van der Waals surface area (Å²) in [6.45, 7) is 6.21. The van der Waals surface area contributed by atoms with Crippen molar-refractivity contribution in [2.75, 3.05) is 5.75 Å². The van der Waals surface area contributed by atoms with Crippen molar-refractivity contribution < 1.29 is 4.39 Å². The van der Waals surface area contributed by atoms with E-state index in [2.05, 4.69) is 26.0 Å². The maximum absolute atomic E-state index is 14.1. The van der Waals surface area contributed by atoms with Crippen LogP contribution in [0, 0.1) is 19.7 Å². The fraction of sp³-hybridized carbons (Fsp3) is 0.333. The van der Waals surface area contributed by atoms with Gasteiger partial charge in [-0.3, -0.25) is 0 Å². The van der Waals surface area contributed by atoms with Crippen LogP contribution in [0.25, 0.3) is 0 Å². The Hall–Kier alpha value is -1.28. The van der Waals surface area contributed by atoms with Crippen molar-refractivity contribution in [2.45, 2.75) is 38.5 Å². The highest BCUT2D eigenvalue weighted by atomic mass is 32.2. The second kappa shape index (κ2) is 6.94. The molecule has 0 unspecified atom stereocenters. The summed E-state index contributed by atoms with van der Waals surface area (Å²) in [6, 6.07) is 12.0. The van der Waals surface area contributed by atoms with Crippen molar-refractivity contribution >= 4 is 11.8 Å². The molecule has 0 bridgehead atoms. The number of hydrogen-bond donors (Lipinski definition) is 0. The van der Waals surface area contributed by atoms with E-state index in [4.69, 9.17) is 0 Å². The van der Waals surface area contributed by atoms with Crippen molar-refractivity contribution in [1.82, 2.24) is 0 Å². The first kappa shape index (κ1) is 15.1. The van der Waals surface area contributed by atoms with Gasteiger partial charge in [-0.25, -0.2) is 4.39 Å². The normalized spacial score (nSPS) is 10.8. The van der Waals surface area contributed by atoms with E-state index in [1.54, 1.807) is 17.8 Å². The monoisotopic (exact) mass is 288 g/mol. The van der Waals surface area contributed by atoms with Crippen LogP contribution >= 0.6 is 11.8 Å². The molecule has 0 heterocycles. The Labute approximate surface area is 125 Å². The Morgan fingerprint density at radius 3 is 2.35 bits per heavy atom. The molecule has 0 amide bonds. The molecule has 0 aliphatic rings. The third-order valence-electron chi connectivity index (χ3n) is 3.57. The summed E-state index contributed by atoms with van der Waals surface area (Å²) in [5.74, 6) is 0.945. The van der Waals surface area contributed by atoms with E-state index in [1.807, 2.05) is 25.1 Å². The molecule has 0 saturated carbocycles. The van der Waals surface area contributed by atoms with Crippen molar-refractivity contribution in [3.8, 4) is 0 Å². The van der Waals surface area contributed by atoms with E-state index in [0.717, 1.165) is 29.7 Å². The largest absolute Gasteiger partial charge is 0.207 e. The molecule has 0 aliphatic carbocycles. The molecular weight excluding hydrogens is 267 g/mol. The van der Waals surface area contributed by atoms with Crippen molar-refractivity contribution in [2.24, 2.45) is 0 Å². The number of halogens is 1. The molecule has 2 aromatic carbocycles. The maximum Gasteiger partial charge on any atom is 0.126 e. The average molecular weight is 288 g/mol. The van der Waals surface area contributed by atoms with Crippen LogP contribution in [0.5, 0.6) is 0 Å². The lowest BCUT2D eigenvalue weighted by atomic mass is 10.00. The van der Waals surface area contributed by atoms with Crippen LogP contribution in [0.1, 0.15) is 29.2 Å². The Balaban J connectivity index is 2.17. The third-order valence-corrected chi connectivity index (χ3v) is 4.61. The molecule has 0 nitrogen and oxygen atoms in total. The first-order chi connectivity index (χ1) is 9.61. The van der Waals surface area contributed by atoms with Crippen LogP contribution in [0.3, 0.4) is 0 Å². The Morgan fingerprint density at radius 2 is 1.65 bits per heavy atom. The standard InChI is InChI=1S/C18H21FS/c1-4-20-18-12-16(17(19)11-14(18)3)10-9-15-8-6-5-7-13(15)2/h5-8,11-12H,4,9-10H2,1-3H3. The Kier molecular flexibility index (Phi) is 5.24. The minimum Gasteiger partial charge on any atom is -0.207 e. The fourth-order valence-corrected chi connectivity index (χ4v) is 3.18. The lowest BCUT2D eigenvalue weighted by Gasteiger charge is -2.10. The Morgan fingerprint density at radius 1 is 0.950 bits per heavy atom. The van der Waals surface area contributed by atoms with Gasteiger partial charge in [-0.1, -0.05) is 31.2 Å². The quantitative estimate of drug-likeness (QED) is 0.669. The topological polar surface area (TPSA) is 0 Å². The van der Waals surface area contributed by atoms with Gasteiger partial charge in [0.1, 0.15) is 5.82 Å². The maximum atomic E-state index is 14.1. The number of rotatable bonds is 5. The lowest BCUT2D eigenvalue weighted by Crippen LogP contribution is -1.98. The van der Waals surface area contributed by atoms with E-state index in [-0.39, 0.29) is 5.82 Å². The summed E-state index contributed by atoms with van der Waals surface area (Å²) in [5.41, 5.74) is 4.45. The van der Waals surface area contributed by atoms with Crippen molar-refractivity contribution in [3.05, 3.63) is 64.5 Å². The highest BCUT2D eigenvalue weighted by Crippen LogP contribution is 2.26. The van der Waals surface area contributed by atoms with Gasteiger partial charge in [0.05, 0.1) is 0 Å². The van der Waals surface area contributed by atoms with E-state index in [9.17, 15) is 4.39 Å². The minimum atomic E-state index is -0.0727. The summed E-state index contributed by atoms with van der Waals surface area (Å²) < 4.78 is 14.1. The molecule has 106 valence electrons. The molecule has 2 heteroatoms. The van der Waals surface area contributed by atoms with Gasteiger partial charge in [-0.2, -0.15) is 0 Å². The highest BCUT2D eigenvalue weighted by Gasteiger charge is 2.08. The first-order valence-corrected chi connectivity index (χ1v) is 8.06. The molecule has 0 atom stereocenters. The number of hydrogen-bond acceptors (Lipinski definition) is 1. The zero-order valence-electron chi connectivity index (χ0n) is 12.4. The summed E-state index contributed by atoms with van der Waals surface area (Å²) >= 11 is 1.78. The smallest absolute Gasteiger partial charge is 0.126 e. The number of aryl methyl sites for hydroxylation is 4. The molecule has 0 radical (unpaired) electrons. The van der Waals surface area contributed by atoms with Crippen LogP contribution in [0.4, 0.5) is 4.39 Å². The molecule has 0 fully saturated rings. The van der Waals surface area contributed by atoms with Crippen LogP contribution in [-0.2, 0) is 12.8 Å². The van der Waals surface area contributed by atoms with Gasteiger partial charge in [0.25, 0.3) is 0 Å².